The normalized spacial score (nSPS) is 11.4. The molecule has 3 aromatic carbocycles. The van der Waals surface area contributed by atoms with E-state index in [4.69, 9.17) is 5.21 Å². The Kier molecular flexibility index (Phi) is 6.10. The molecule has 3 heteroatoms. The Bertz CT molecular complexity index is 988. The van der Waals surface area contributed by atoms with Crippen molar-refractivity contribution in [3.63, 3.8) is 0 Å². The minimum Gasteiger partial charge on any atom is -0.355 e. The van der Waals surface area contributed by atoms with E-state index in [1.807, 2.05) is 60.7 Å². The Hall–Kier alpha value is -3.56. The van der Waals surface area contributed by atoms with Crippen molar-refractivity contribution in [1.29, 1.82) is 0 Å². The zero-order valence-corrected chi connectivity index (χ0v) is 15.9. The van der Waals surface area contributed by atoms with Gasteiger partial charge in [0.05, 0.1) is 5.70 Å². The fourth-order valence-corrected chi connectivity index (χ4v) is 2.98. The number of rotatable bonds is 7. The summed E-state index contributed by atoms with van der Waals surface area (Å²) in [5.41, 5.74) is 9.51. The topological polar surface area (TPSA) is 44.3 Å². The molecule has 3 aromatic rings. The van der Waals surface area contributed by atoms with Crippen molar-refractivity contribution in [3.8, 4) is 0 Å². The summed E-state index contributed by atoms with van der Waals surface area (Å²) < 4.78 is 0. The summed E-state index contributed by atoms with van der Waals surface area (Å²) in [6.45, 7) is 10.1. The largest absolute Gasteiger partial charge is 0.355 e. The molecule has 0 atom stereocenters. The third-order valence-electron chi connectivity index (χ3n) is 4.64. The average molecular weight is 368 g/mol. The fraction of sp³-hybridized carbons (Fsp3) is 0.0400. The van der Waals surface area contributed by atoms with E-state index < -0.39 is 0 Å². The minimum absolute atomic E-state index is 0.454. The maximum atomic E-state index is 9.00. The summed E-state index contributed by atoms with van der Waals surface area (Å²) in [5, 5.41) is 12.5. The molecule has 0 radical (unpaired) electrons. The molecule has 0 heterocycles. The maximum Gasteiger partial charge on any atom is 0.0602 e. The van der Waals surface area contributed by atoms with Crippen LogP contribution in [0, 0.1) is 0 Å². The zero-order chi connectivity index (χ0) is 19.9. The molecular weight excluding hydrogens is 344 g/mol. The lowest BCUT2D eigenvalue weighted by Crippen LogP contribution is -2.12. The van der Waals surface area contributed by atoms with Gasteiger partial charge >= 0.3 is 0 Å². The lowest BCUT2D eigenvalue weighted by atomic mass is 10.00. The molecule has 0 amide bonds. The van der Waals surface area contributed by atoms with Crippen LogP contribution < -0.4 is 10.8 Å². The van der Waals surface area contributed by atoms with Gasteiger partial charge in [0.25, 0.3) is 0 Å². The highest BCUT2D eigenvalue weighted by molar-refractivity contribution is 5.92. The van der Waals surface area contributed by atoms with Crippen molar-refractivity contribution in [2.45, 2.75) is 6.92 Å². The second-order valence-electron chi connectivity index (χ2n) is 6.50. The summed E-state index contributed by atoms with van der Waals surface area (Å²) >= 11 is 0. The Morgan fingerprint density at radius 1 is 0.643 bits per heavy atom. The van der Waals surface area contributed by atoms with E-state index in [-0.39, 0.29) is 0 Å². The van der Waals surface area contributed by atoms with Gasteiger partial charge in [-0.25, -0.2) is 0 Å². The molecule has 0 fully saturated rings. The molecule has 3 nitrogen and oxygen atoms in total. The molecule has 140 valence electrons. The first-order chi connectivity index (χ1) is 13.6. The van der Waals surface area contributed by atoms with E-state index in [0.717, 1.165) is 39.2 Å². The molecule has 0 aromatic heterocycles. The van der Waals surface area contributed by atoms with Crippen molar-refractivity contribution in [2.75, 3.05) is 0 Å². The summed E-state index contributed by atoms with van der Waals surface area (Å²) in [4.78, 5) is 0. The fourth-order valence-electron chi connectivity index (χ4n) is 2.98. The zero-order valence-electron chi connectivity index (χ0n) is 15.9. The second-order valence-corrected chi connectivity index (χ2v) is 6.50. The average Bonchev–Trinajstić information content (AvgIpc) is 2.77. The van der Waals surface area contributed by atoms with Crippen LogP contribution in [0.15, 0.2) is 98.1 Å². The van der Waals surface area contributed by atoms with Gasteiger partial charge in [-0.2, -0.15) is 0 Å². The van der Waals surface area contributed by atoms with Crippen molar-refractivity contribution in [1.82, 2.24) is 10.8 Å². The van der Waals surface area contributed by atoms with E-state index in [2.05, 4.69) is 55.1 Å². The van der Waals surface area contributed by atoms with Crippen LogP contribution in [0.3, 0.4) is 0 Å². The van der Waals surface area contributed by atoms with E-state index in [0.29, 0.717) is 5.70 Å². The Morgan fingerprint density at radius 3 is 1.61 bits per heavy atom. The van der Waals surface area contributed by atoms with Gasteiger partial charge in [0, 0.05) is 11.4 Å². The highest BCUT2D eigenvalue weighted by Crippen LogP contribution is 2.26. The molecule has 0 aliphatic carbocycles. The van der Waals surface area contributed by atoms with Crippen LogP contribution >= 0.6 is 0 Å². The minimum atomic E-state index is 0.454. The molecule has 0 aliphatic rings. The molecule has 3 N–H and O–H groups in total. The molecule has 0 aliphatic heterocycles. The van der Waals surface area contributed by atoms with Crippen LogP contribution in [-0.2, 0) is 0 Å². The Balaban J connectivity index is 1.94. The van der Waals surface area contributed by atoms with Gasteiger partial charge in [-0.1, -0.05) is 98.1 Å². The summed E-state index contributed by atoms with van der Waals surface area (Å²) in [6.07, 6.45) is 0. The Labute approximate surface area is 166 Å². The SMILES string of the molecule is C=C(NO)c1ccc(C(=C)N/C(=C(\C)c2ccccc2)c2ccccc2)cc1. The van der Waals surface area contributed by atoms with Gasteiger partial charge in [0.15, 0.2) is 0 Å². The molecule has 0 unspecified atom stereocenters. The van der Waals surface area contributed by atoms with E-state index in [1.165, 1.54) is 0 Å². The molecule has 28 heavy (non-hydrogen) atoms. The monoisotopic (exact) mass is 368 g/mol. The summed E-state index contributed by atoms with van der Waals surface area (Å²) in [7, 11) is 0. The third kappa shape index (κ3) is 4.40. The van der Waals surface area contributed by atoms with Gasteiger partial charge in [0.1, 0.15) is 0 Å². The number of hydrogen-bond acceptors (Lipinski definition) is 3. The molecule has 0 saturated heterocycles. The standard InChI is InChI=1S/C25H24N2O/c1-18(21-10-6-4-7-11-21)25(24-12-8-5-9-13-24)26-19(2)22-14-16-23(17-15-22)20(3)27-28/h4-17,26-28H,2-3H2,1H3/b25-18+. The van der Waals surface area contributed by atoms with E-state index >= 15 is 0 Å². The lowest BCUT2D eigenvalue weighted by molar-refractivity contribution is 0.225. The second kappa shape index (κ2) is 8.89. The van der Waals surface area contributed by atoms with Crippen LogP contribution in [-0.4, -0.2) is 5.21 Å². The van der Waals surface area contributed by atoms with Crippen molar-refractivity contribution in [3.05, 3.63) is 120 Å². The number of benzene rings is 3. The highest BCUT2D eigenvalue weighted by atomic mass is 16.5. The first kappa shape index (κ1) is 19.2. The number of nitrogens with one attached hydrogen (secondary N) is 2. The Morgan fingerprint density at radius 2 is 1.11 bits per heavy atom. The van der Waals surface area contributed by atoms with Gasteiger partial charge < -0.3 is 5.32 Å². The van der Waals surface area contributed by atoms with Crippen LogP contribution in [0.5, 0.6) is 0 Å². The van der Waals surface area contributed by atoms with E-state index in [9.17, 15) is 0 Å². The molecule has 3 rings (SSSR count). The first-order valence-electron chi connectivity index (χ1n) is 9.07. The van der Waals surface area contributed by atoms with Crippen LogP contribution in [0.4, 0.5) is 0 Å². The smallest absolute Gasteiger partial charge is 0.0602 e. The van der Waals surface area contributed by atoms with Crippen molar-refractivity contribution in [2.24, 2.45) is 0 Å². The third-order valence-corrected chi connectivity index (χ3v) is 4.64. The maximum absolute atomic E-state index is 9.00. The van der Waals surface area contributed by atoms with Gasteiger partial charge in [-0.05, 0) is 34.8 Å². The van der Waals surface area contributed by atoms with Gasteiger partial charge in [-0.3, -0.25) is 10.7 Å². The van der Waals surface area contributed by atoms with Crippen LogP contribution in [0.25, 0.3) is 22.7 Å². The summed E-state index contributed by atoms with van der Waals surface area (Å²) in [5.74, 6) is 0. The number of allylic oxidation sites excluding steroid dienone is 1. The molecule has 0 saturated carbocycles. The summed E-state index contributed by atoms with van der Waals surface area (Å²) in [6, 6.07) is 28.2. The molecule has 0 bridgehead atoms. The van der Waals surface area contributed by atoms with Crippen LogP contribution in [0.1, 0.15) is 29.2 Å². The van der Waals surface area contributed by atoms with Crippen molar-refractivity contribution >= 4 is 22.7 Å². The molecular formula is C25H24N2O. The van der Waals surface area contributed by atoms with E-state index in [1.54, 1.807) is 0 Å². The van der Waals surface area contributed by atoms with Gasteiger partial charge in [-0.15, -0.1) is 0 Å². The predicted octanol–water partition coefficient (Wildman–Crippen LogP) is 5.78. The highest BCUT2D eigenvalue weighted by Gasteiger charge is 2.10. The van der Waals surface area contributed by atoms with Crippen molar-refractivity contribution < 1.29 is 5.21 Å². The quantitative estimate of drug-likeness (QED) is 0.366. The number of hydrogen-bond donors (Lipinski definition) is 3. The first-order valence-corrected chi connectivity index (χ1v) is 9.07. The number of hydroxylamine groups is 1. The predicted molar refractivity (Wildman–Crippen MR) is 118 cm³/mol. The van der Waals surface area contributed by atoms with Crippen LogP contribution in [0.2, 0.25) is 0 Å². The lowest BCUT2D eigenvalue weighted by Gasteiger charge is -2.18. The van der Waals surface area contributed by atoms with Gasteiger partial charge in [0.2, 0.25) is 0 Å². The molecule has 0 spiro atoms.